The smallest absolute Gasteiger partial charge is 0.316 e. The van der Waals surface area contributed by atoms with Gasteiger partial charge < -0.3 is 19.7 Å². The zero-order chi connectivity index (χ0) is 45.1. The maximum absolute atomic E-state index is 14.3. The number of carbonyl (C=O) groups excluding carboxylic acids is 2. The first-order valence-electron chi connectivity index (χ1n) is 21.9. The average molecular weight is 819 g/mol. The molecule has 60 heavy (non-hydrogen) atoms. The van der Waals surface area contributed by atoms with Crippen LogP contribution in [0.2, 0.25) is 0 Å². The molecule has 0 amide bonds. The molecular formula is C54H74O6. The van der Waals surface area contributed by atoms with E-state index in [1.165, 1.54) is 11.1 Å². The minimum absolute atomic E-state index is 0.0501. The van der Waals surface area contributed by atoms with Crippen molar-refractivity contribution in [2.75, 3.05) is 0 Å². The van der Waals surface area contributed by atoms with Crippen LogP contribution in [-0.2, 0) is 20.4 Å². The van der Waals surface area contributed by atoms with Crippen molar-refractivity contribution in [3.63, 3.8) is 0 Å². The minimum Gasteiger partial charge on any atom is -0.507 e. The number of hydrogen-bond acceptors (Lipinski definition) is 6. The molecule has 0 fully saturated rings. The predicted octanol–water partition coefficient (Wildman–Crippen LogP) is 14.7. The average Bonchev–Trinajstić information content (AvgIpc) is 3.12. The molecule has 4 aromatic carbocycles. The predicted molar refractivity (Wildman–Crippen MR) is 250 cm³/mol. The van der Waals surface area contributed by atoms with Gasteiger partial charge in [0.25, 0.3) is 0 Å². The summed E-state index contributed by atoms with van der Waals surface area (Å²) in [7, 11) is 0. The van der Waals surface area contributed by atoms with Gasteiger partial charge in [0.05, 0.1) is 11.8 Å². The number of phenolic OH excluding ortho intramolecular Hbond substituents is 2. The summed E-state index contributed by atoms with van der Waals surface area (Å²) >= 11 is 0. The Kier molecular flexibility index (Phi) is 14.9. The van der Waals surface area contributed by atoms with Gasteiger partial charge in [0.1, 0.15) is 23.0 Å². The van der Waals surface area contributed by atoms with Crippen molar-refractivity contribution in [2.45, 2.75) is 160 Å². The van der Waals surface area contributed by atoms with Crippen molar-refractivity contribution in [1.82, 2.24) is 0 Å². The summed E-state index contributed by atoms with van der Waals surface area (Å²) in [6.07, 6.45) is 8.35. The van der Waals surface area contributed by atoms with Crippen LogP contribution in [0.15, 0.2) is 71.8 Å². The number of fused-ring (bicyclic) bond motifs is 2. The van der Waals surface area contributed by atoms with Gasteiger partial charge in [-0.25, -0.2) is 0 Å². The number of benzene rings is 4. The van der Waals surface area contributed by atoms with Gasteiger partial charge in [-0.3, -0.25) is 9.59 Å². The molecule has 0 saturated carbocycles. The quantitative estimate of drug-likeness (QED) is 0.0626. The van der Waals surface area contributed by atoms with E-state index in [1.807, 2.05) is 90.1 Å². The van der Waals surface area contributed by atoms with Crippen molar-refractivity contribution in [2.24, 2.45) is 22.7 Å². The summed E-state index contributed by atoms with van der Waals surface area (Å²) in [5.74, 6) is 1.59. The summed E-state index contributed by atoms with van der Waals surface area (Å²) in [5.41, 5.74) is 3.06. The van der Waals surface area contributed by atoms with Gasteiger partial charge in [-0.1, -0.05) is 141 Å². The highest BCUT2D eigenvalue weighted by molar-refractivity contribution is 5.99. The molecule has 326 valence electrons. The van der Waals surface area contributed by atoms with E-state index in [9.17, 15) is 19.8 Å². The molecule has 4 rings (SSSR count). The lowest BCUT2D eigenvalue weighted by Gasteiger charge is -2.34. The topological polar surface area (TPSA) is 93.1 Å². The van der Waals surface area contributed by atoms with Crippen LogP contribution < -0.4 is 9.47 Å². The van der Waals surface area contributed by atoms with Crippen molar-refractivity contribution >= 4 is 33.5 Å². The molecule has 6 nitrogen and oxygen atoms in total. The summed E-state index contributed by atoms with van der Waals surface area (Å²) in [5, 5.41) is 25.8. The number of ether oxygens (including phenoxy) is 2. The van der Waals surface area contributed by atoms with Crippen LogP contribution in [0.1, 0.15) is 158 Å². The molecule has 0 bridgehead atoms. The maximum atomic E-state index is 14.3. The maximum Gasteiger partial charge on any atom is 0.316 e. The SMILES string of the molecule is C/C(=C\CC(C)(C)c1c(C)c(OC(=O)C(C)(C)CC(C)(C)CC(=O)Oc2c(C(C)(C)C/C=C(\C)CC(C)C)c(C)c(O)c3ccccc23)c2ccccc2c1O)CC(C)C. The van der Waals surface area contributed by atoms with Crippen LogP contribution in [0.4, 0.5) is 0 Å². The number of carbonyl (C=O) groups is 2. The van der Waals surface area contributed by atoms with Crippen molar-refractivity contribution in [3.05, 3.63) is 94.1 Å². The van der Waals surface area contributed by atoms with Gasteiger partial charge in [-0.2, -0.15) is 0 Å². The lowest BCUT2D eigenvalue weighted by atomic mass is 9.73. The fourth-order valence-electron chi connectivity index (χ4n) is 9.53. The van der Waals surface area contributed by atoms with Crippen molar-refractivity contribution in [1.29, 1.82) is 0 Å². The molecule has 0 heterocycles. The Morgan fingerprint density at radius 2 is 1.05 bits per heavy atom. The van der Waals surface area contributed by atoms with E-state index in [2.05, 4.69) is 81.4 Å². The van der Waals surface area contributed by atoms with Gasteiger partial charge in [0, 0.05) is 32.7 Å². The summed E-state index contributed by atoms with van der Waals surface area (Å²) < 4.78 is 12.8. The van der Waals surface area contributed by atoms with E-state index in [0.717, 1.165) is 36.0 Å². The normalized spacial score (nSPS) is 13.5. The van der Waals surface area contributed by atoms with Crippen LogP contribution in [-0.4, -0.2) is 22.2 Å². The Hall–Kier alpha value is -4.58. The third-order valence-corrected chi connectivity index (χ3v) is 12.0. The molecule has 6 heteroatoms. The van der Waals surface area contributed by atoms with Crippen LogP contribution >= 0.6 is 0 Å². The zero-order valence-electron chi connectivity index (χ0n) is 39.7. The molecule has 4 aromatic rings. The highest BCUT2D eigenvalue weighted by Crippen LogP contribution is 2.49. The second-order valence-electron chi connectivity index (χ2n) is 21.2. The van der Waals surface area contributed by atoms with Crippen molar-refractivity contribution in [3.8, 4) is 23.0 Å². The van der Waals surface area contributed by atoms with Crippen LogP contribution in [0.25, 0.3) is 21.5 Å². The summed E-state index contributed by atoms with van der Waals surface area (Å²) in [4.78, 5) is 28.5. The van der Waals surface area contributed by atoms with Gasteiger partial charge in [0.15, 0.2) is 0 Å². The van der Waals surface area contributed by atoms with Crippen LogP contribution in [0, 0.1) is 36.5 Å². The molecule has 0 unspecified atom stereocenters. The lowest BCUT2D eigenvalue weighted by molar-refractivity contribution is -0.147. The largest absolute Gasteiger partial charge is 0.507 e. The summed E-state index contributed by atoms with van der Waals surface area (Å²) in [6, 6.07) is 15.0. The molecular weight excluding hydrogens is 745 g/mol. The van der Waals surface area contributed by atoms with Crippen LogP contribution in [0.5, 0.6) is 23.0 Å². The first-order valence-corrected chi connectivity index (χ1v) is 21.9. The first-order chi connectivity index (χ1) is 27.7. The fourth-order valence-corrected chi connectivity index (χ4v) is 9.53. The van der Waals surface area contributed by atoms with E-state index in [1.54, 1.807) is 0 Å². The third kappa shape index (κ3) is 11.2. The molecule has 0 aliphatic carbocycles. The Morgan fingerprint density at radius 1 is 0.617 bits per heavy atom. The fraction of sp³-hybridized carbons (Fsp3) is 0.519. The molecule has 0 aliphatic heterocycles. The molecule has 0 atom stereocenters. The Labute approximate surface area is 361 Å². The lowest BCUT2D eigenvalue weighted by Crippen LogP contribution is -2.35. The first kappa shape index (κ1) is 48.1. The number of rotatable bonds is 17. The molecule has 2 N–H and O–H groups in total. The second kappa shape index (κ2) is 18.6. The standard InChI is InChI=1S/C54H74O6/c1-33(2)29-35(5)25-27-52(11,12)44-38(8)48(41-23-19-18-22-40(41)47(44)57)60-50(58)54(15,16)32-51(9,10)31-43(55)59-49-42-24-20-17-21-39(42)46(56)37(7)45(49)53(13,14)28-26-36(6)30-34(3)4/h17-26,33-34,56-57H,27-32H2,1-16H3/b35-25+,36-26+. The number of esters is 2. The van der Waals surface area contributed by atoms with Gasteiger partial charge in [-0.15, -0.1) is 0 Å². The molecule has 0 spiro atoms. The Morgan fingerprint density at radius 3 is 1.53 bits per heavy atom. The van der Waals surface area contributed by atoms with E-state index in [0.29, 0.717) is 63.3 Å². The van der Waals surface area contributed by atoms with E-state index >= 15 is 0 Å². The number of phenols is 2. The zero-order valence-corrected chi connectivity index (χ0v) is 39.7. The Bertz CT molecular complexity index is 2280. The minimum atomic E-state index is -0.989. The third-order valence-electron chi connectivity index (χ3n) is 12.0. The van der Waals surface area contributed by atoms with Crippen LogP contribution in [0.3, 0.4) is 0 Å². The van der Waals surface area contributed by atoms with Crippen molar-refractivity contribution < 1.29 is 29.3 Å². The number of allylic oxidation sites excluding steroid dienone is 4. The van der Waals surface area contributed by atoms with Gasteiger partial charge in [-0.05, 0) is 113 Å². The molecule has 0 radical (unpaired) electrons. The summed E-state index contributed by atoms with van der Waals surface area (Å²) in [6.45, 7) is 33.2. The monoisotopic (exact) mass is 819 g/mol. The number of aromatic hydroxyl groups is 2. The Balaban J connectivity index is 1.64. The highest BCUT2D eigenvalue weighted by Gasteiger charge is 2.40. The molecule has 0 aromatic heterocycles. The van der Waals surface area contributed by atoms with Gasteiger partial charge >= 0.3 is 11.9 Å². The van der Waals surface area contributed by atoms with Gasteiger partial charge in [0.2, 0.25) is 0 Å². The van der Waals surface area contributed by atoms with E-state index < -0.39 is 33.6 Å². The molecule has 0 aliphatic rings. The van der Waals surface area contributed by atoms with E-state index in [4.69, 9.17) is 9.47 Å². The molecule has 0 saturated heterocycles. The second-order valence-corrected chi connectivity index (χ2v) is 21.2. The highest BCUT2D eigenvalue weighted by atomic mass is 16.5. The number of hydrogen-bond donors (Lipinski definition) is 2. The van der Waals surface area contributed by atoms with E-state index in [-0.39, 0.29) is 17.9 Å².